The van der Waals surface area contributed by atoms with Crippen molar-refractivity contribution in [2.45, 2.75) is 25.7 Å². The van der Waals surface area contributed by atoms with Gasteiger partial charge in [0.2, 0.25) is 0 Å². The molecule has 1 spiro atoms. The van der Waals surface area contributed by atoms with E-state index in [1.165, 1.54) is 11.9 Å². The van der Waals surface area contributed by atoms with Gasteiger partial charge in [-0.05, 0) is 49.8 Å². The lowest BCUT2D eigenvalue weighted by molar-refractivity contribution is -0.0350. The number of hydrogen-bond acceptors (Lipinski definition) is 4. The number of piperidine rings is 2. The van der Waals surface area contributed by atoms with Crippen molar-refractivity contribution in [2.75, 3.05) is 39.3 Å². The molecule has 2 N–H and O–H groups in total. The Morgan fingerprint density at radius 3 is 2.61 bits per heavy atom. The standard InChI is InChI=1S/C22H30N4O2/c27-16-19-15-26(21(28)20-14-23-17-24-20)13-9-22(19)7-11-25(12-8-22)10-6-18-4-2-1-3-5-18/h1-5,14,17,19,27H,6-13,15-16H2,(H,23,24)/t19-/m0/s1. The van der Waals surface area contributed by atoms with E-state index in [1.54, 1.807) is 6.20 Å². The van der Waals surface area contributed by atoms with Crippen molar-refractivity contribution in [1.82, 2.24) is 19.8 Å². The van der Waals surface area contributed by atoms with Gasteiger partial charge in [0.1, 0.15) is 5.69 Å². The summed E-state index contributed by atoms with van der Waals surface area (Å²) in [7, 11) is 0. The van der Waals surface area contributed by atoms with Crippen LogP contribution in [0.3, 0.4) is 0 Å². The Bertz CT molecular complexity index is 754. The normalized spacial score (nSPS) is 22.5. The number of nitrogens with one attached hydrogen (secondary N) is 1. The van der Waals surface area contributed by atoms with E-state index >= 15 is 0 Å². The SMILES string of the molecule is O=C(c1cnc[nH]1)N1CCC2(CCN(CCc3ccccc3)CC2)[C@H](CO)C1. The van der Waals surface area contributed by atoms with Gasteiger partial charge in [0.25, 0.3) is 5.91 Å². The number of likely N-dealkylation sites (tertiary alicyclic amines) is 2. The maximum Gasteiger partial charge on any atom is 0.271 e. The number of carbonyl (C=O) groups is 1. The minimum atomic E-state index is -0.00824. The fraction of sp³-hybridized carbons (Fsp3) is 0.545. The van der Waals surface area contributed by atoms with Crippen LogP contribution in [-0.4, -0.2) is 70.1 Å². The van der Waals surface area contributed by atoms with Crippen LogP contribution < -0.4 is 0 Å². The Balaban J connectivity index is 1.32. The summed E-state index contributed by atoms with van der Waals surface area (Å²) in [4.78, 5) is 23.9. The lowest BCUT2D eigenvalue weighted by Gasteiger charge is -2.51. The molecule has 4 rings (SSSR count). The van der Waals surface area contributed by atoms with Gasteiger partial charge in [0.15, 0.2) is 0 Å². The minimum Gasteiger partial charge on any atom is -0.396 e. The van der Waals surface area contributed by atoms with Crippen molar-refractivity contribution in [1.29, 1.82) is 0 Å². The summed E-state index contributed by atoms with van der Waals surface area (Å²) >= 11 is 0. The predicted octanol–water partition coefficient (Wildman–Crippen LogP) is 2.19. The second kappa shape index (κ2) is 8.45. The molecule has 1 aromatic carbocycles. The first-order valence-electron chi connectivity index (χ1n) is 10.3. The summed E-state index contributed by atoms with van der Waals surface area (Å²) in [6, 6.07) is 10.7. The van der Waals surface area contributed by atoms with Crippen LogP contribution in [0.5, 0.6) is 0 Å². The van der Waals surface area contributed by atoms with E-state index in [2.05, 4.69) is 45.2 Å². The van der Waals surface area contributed by atoms with E-state index in [-0.39, 0.29) is 23.8 Å². The number of rotatable bonds is 5. The number of aromatic nitrogens is 2. The second-order valence-corrected chi connectivity index (χ2v) is 8.29. The van der Waals surface area contributed by atoms with Crippen molar-refractivity contribution in [2.24, 2.45) is 11.3 Å². The zero-order valence-corrected chi connectivity index (χ0v) is 16.4. The molecule has 2 aliphatic rings. The third kappa shape index (κ3) is 3.98. The first-order chi connectivity index (χ1) is 13.7. The van der Waals surface area contributed by atoms with Gasteiger partial charge in [-0.15, -0.1) is 0 Å². The molecular formula is C22H30N4O2. The van der Waals surface area contributed by atoms with E-state index in [0.717, 1.165) is 51.9 Å². The van der Waals surface area contributed by atoms with Crippen LogP contribution in [0.2, 0.25) is 0 Å². The molecule has 2 aromatic rings. The lowest BCUT2D eigenvalue weighted by Crippen LogP contribution is -2.54. The molecule has 28 heavy (non-hydrogen) atoms. The molecule has 0 aliphatic carbocycles. The number of carbonyl (C=O) groups excluding carboxylic acids is 1. The van der Waals surface area contributed by atoms with E-state index in [1.807, 2.05) is 4.90 Å². The van der Waals surface area contributed by atoms with Gasteiger partial charge in [0.05, 0.1) is 12.5 Å². The smallest absolute Gasteiger partial charge is 0.271 e. The first kappa shape index (κ1) is 19.2. The van der Waals surface area contributed by atoms with Crippen molar-refractivity contribution >= 4 is 5.91 Å². The number of amides is 1. The van der Waals surface area contributed by atoms with Gasteiger partial charge in [-0.1, -0.05) is 30.3 Å². The lowest BCUT2D eigenvalue weighted by atomic mass is 9.64. The predicted molar refractivity (Wildman–Crippen MR) is 108 cm³/mol. The number of aromatic amines is 1. The number of H-pyrrole nitrogens is 1. The highest BCUT2D eigenvalue weighted by molar-refractivity contribution is 5.92. The van der Waals surface area contributed by atoms with E-state index in [4.69, 9.17) is 0 Å². The molecule has 1 aromatic heterocycles. The quantitative estimate of drug-likeness (QED) is 0.832. The van der Waals surface area contributed by atoms with Gasteiger partial charge in [-0.2, -0.15) is 0 Å². The fourth-order valence-corrected chi connectivity index (χ4v) is 4.90. The number of hydrogen-bond donors (Lipinski definition) is 2. The second-order valence-electron chi connectivity index (χ2n) is 8.29. The summed E-state index contributed by atoms with van der Waals surface area (Å²) in [6.07, 6.45) is 7.39. The molecule has 2 aliphatic heterocycles. The topological polar surface area (TPSA) is 72.5 Å². The zero-order chi connectivity index (χ0) is 19.4. The first-order valence-corrected chi connectivity index (χ1v) is 10.3. The van der Waals surface area contributed by atoms with E-state index in [9.17, 15) is 9.90 Å². The molecule has 0 unspecified atom stereocenters. The Kier molecular flexibility index (Phi) is 5.78. The van der Waals surface area contributed by atoms with Crippen molar-refractivity contribution < 1.29 is 9.90 Å². The Morgan fingerprint density at radius 2 is 1.93 bits per heavy atom. The Labute approximate surface area is 166 Å². The molecule has 0 radical (unpaired) electrons. The van der Waals surface area contributed by atoms with Crippen molar-refractivity contribution in [3.63, 3.8) is 0 Å². The van der Waals surface area contributed by atoms with Gasteiger partial charge in [-0.25, -0.2) is 4.98 Å². The van der Waals surface area contributed by atoms with Crippen molar-refractivity contribution in [3.8, 4) is 0 Å². The molecule has 1 amide bonds. The maximum absolute atomic E-state index is 12.6. The van der Waals surface area contributed by atoms with Crippen LogP contribution in [0, 0.1) is 11.3 Å². The van der Waals surface area contributed by atoms with Crippen LogP contribution in [0.25, 0.3) is 0 Å². The number of aliphatic hydroxyl groups is 1. The molecule has 0 saturated carbocycles. The van der Waals surface area contributed by atoms with Gasteiger partial charge >= 0.3 is 0 Å². The number of benzene rings is 1. The Hall–Kier alpha value is -2.18. The maximum atomic E-state index is 12.6. The number of aliphatic hydroxyl groups excluding tert-OH is 1. The highest BCUT2D eigenvalue weighted by Gasteiger charge is 2.45. The van der Waals surface area contributed by atoms with E-state index in [0.29, 0.717) is 12.2 Å². The molecular weight excluding hydrogens is 352 g/mol. The molecule has 150 valence electrons. The molecule has 6 heteroatoms. The minimum absolute atomic E-state index is 0.00824. The summed E-state index contributed by atoms with van der Waals surface area (Å²) in [6.45, 7) is 4.80. The molecule has 0 bridgehead atoms. The summed E-state index contributed by atoms with van der Waals surface area (Å²) in [5.74, 6) is 0.149. The van der Waals surface area contributed by atoms with Crippen LogP contribution >= 0.6 is 0 Å². The van der Waals surface area contributed by atoms with Gasteiger partial charge < -0.3 is 19.9 Å². The molecule has 1 atom stereocenters. The highest BCUT2D eigenvalue weighted by Crippen LogP contribution is 2.45. The highest BCUT2D eigenvalue weighted by atomic mass is 16.3. The molecule has 6 nitrogen and oxygen atoms in total. The third-order valence-electron chi connectivity index (χ3n) is 6.83. The van der Waals surface area contributed by atoms with Crippen LogP contribution in [0.15, 0.2) is 42.9 Å². The van der Waals surface area contributed by atoms with Gasteiger partial charge in [0, 0.05) is 32.2 Å². The monoisotopic (exact) mass is 382 g/mol. The van der Waals surface area contributed by atoms with Gasteiger partial charge in [-0.3, -0.25) is 4.79 Å². The summed E-state index contributed by atoms with van der Waals surface area (Å²) in [5.41, 5.74) is 2.09. The molecule has 2 fully saturated rings. The molecule has 3 heterocycles. The number of nitrogens with zero attached hydrogens (tertiary/aromatic N) is 3. The largest absolute Gasteiger partial charge is 0.396 e. The zero-order valence-electron chi connectivity index (χ0n) is 16.4. The third-order valence-corrected chi connectivity index (χ3v) is 6.83. The van der Waals surface area contributed by atoms with Crippen LogP contribution in [0.4, 0.5) is 0 Å². The summed E-state index contributed by atoms with van der Waals surface area (Å²) < 4.78 is 0. The van der Waals surface area contributed by atoms with E-state index < -0.39 is 0 Å². The fourth-order valence-electron chi connectivity index (χ4n) is 4.90. The summed E-state index contributed by atoms with van der Waals surface area (Å²) in [5, 5.41) is 10.1. The number of imidazole rings is 1. The van der Waals surface area contributed by atoms with Crippen molar-refractivity contribution in [3.05, 3.63) is 54.1 Å². The average molecular weight is 383 g/mol. The van der Waals surface area contributed by atoms with Crippen LogP contribution in [0.1, 0.15) is 35.3 Å². The average Bonchev–Trinajstić information content (AvgIpc) is 3.29. The Morgan fingerprint density at radius 1 is 1.18 bits per heavy atom. The molecule has 2 saturated heterocycles. The van der Waals surface area contributed by atoms with Crippen LogP contribution in [-0.2, 0) is 6.42 Å².